The van der Waals surface area contributed by atoms with Crippen LogP contribution >= 0.6 is 31.9 Å². The number of hydrogen-bond acceptors (Lipinski definition) is 1. The molecule has 0 atom stereocenters. The third-order valence-corrected chi connectivity index (χ3v) is 4.11. The molecular formula is C16H15Br2NO. The van der Waals surface area contributed by atoms with Crippen LogP contribution in [0.3, 0.4) is 0 Å². The van der Waals surface area contributed by atoms with Crippen LogP contribution in [0.15, 0.2) is 51.4 Å². The molecule has 2 nitrogen and oxygen atoms in total. The van der Waals surface area contributed by atoms with Gasteiger partial charge in [0.25, 0.3) is 5.91 Å². The predicted molar refractivity (Wildman–Crippen MR) is 89.1 cm³/mol. The minimum atomic E-state index is -0.0583. The van der Waals surface area contributed by atoms with E-state index in [1.165, 1.54) is 11.1 Å². The number of carbonyl (C=O) groups excluding carboxylic acids is 1. The van der Waals surface area contributed by atoms with E-state index in [0.717, 1.165) is 15.4 Å². The summed E-state index contributed by atoms with van der Waals surface area (Å²) in [7, 11) is 0. The minimum Gasteiger partial charge on any atom is -0.352 e. The molecule has 20 heavy (non-hydrogen) atoms. The van der Waals surface area contributed by atoms with Crippen molar-refractivity contribution in [2.45, 2.75) is 13.3 Å². The van der Waals surface area contributed by atoms with E-state index in [1.807, 2.05) is 18.2 Å². The number of carbonyl (C=O) groups is 1. The van der Waals surface area contributed by atoms with Crippen LogP contribution < -0.4 is 5.32 Å². The Bertz CT molecular complexity index is 626. The van der Waals surface area contributed by atoms with Crippen LogP contribution in [-0.4, -0.2) is 12.5 Å². The van der Waals surface area contributed by atoms with Gasteiger partial charge in [-0.05, 0) is 53.0 Å². The molecule has 0 unspecified atom stereocenters. The maximum Gasteiger partial charge on any atom is 0.252 e. The molecule has 1 amide bonds. The molecule has 1 N–H and O–H groups in total. The lowest BCUT2D eigenvalue weighted by Gasteiger charge is -2.08. The average molecular weight is 397 g/mol. The fraction of sp³-hybridized carbons (Fsp3) is 0.188. The van der Waals surface area contributed by atoms with Gasteiger partial charge in [0.05, 0.1) is 5.56 Å². The van der Waals surface area contributed by atoms with Gasteiger partial charge in [-0.1, -0.05) is 45.8 Å². The smallest absolute Gasteiger partial charge is 0.252 e. The quantitative estimate of drug-likeness (QED) is 0.810. The van der Waals surface area contributed by atoms with Gasteiger partial charge in [-0.3, -0.25) is 4.79 Å². The van der Waals surface area contributed by atoms with Gasteiger partial charge in [0.15, 0.2) is 0 Å². The van der Waals surface area contributed by atoms with Crippen molar-refractivity contribution in [3.8, 4) is 0 Å². The Morgan fingerprint density at radius 2 is 1.95 bits per heavy atom. The number of amides is 1. The predicted octanol–water partition coefficient (Wildman–Crippen LogP) is 4.49. The Morgan fingerprint density at radius 1 is 1.15 bits per heavy atom. The van der Waals surface area contributed by atoms with Gasteiger partial charge in [-0.15, -0.1) is 0 Å². The van der Waals surface area contributed by atoms with Crippen LogP contribution in [0.5, 0.6) is 0 Å². The molecule has 2 rings (SSSR count). The third kappa shape index (κ3) is 4.18. The highest BCUT2D eigenvalue weighted by Crippen LogP contribution is 2.21. The maximum atomic E-state index is 12.1. The standard InChI is InChI=1S/C16H15Br2NO/c1-11-3-2-4-12(9-11)7-8-19-16(20)14-6-5-13(17)10-15(14)18/h2-6,9-10H,7-8H2,1H3,(H,19,20). The lowest BCUT2D eigenvalue weighted by atomic mass is 10.1. The van der Waals surface area contributed by atoms with Crippen LogP contribution in [0.4, 0.5) is 0 Å². The number of halogens is 2. The van der Waals surface area contributed by atoms with E-state index in [4.69, 9.17) is 0 Å². The molecule has 4 heteroatoms. The zero-order valence-electron chi connectivity index (χ0n) is 11.1. The molecule has 0 bridgehead atoms. The number of hydrogen-bond donors (Lipinski definition) is 1. The molecule has 0 radical (unpaired) electrons. The van der Waals surface area contributed by atoms with E-state index >= 15 is 0 Å². The Kier molecular flexibility index (Phi) is 5.38. The fourth-order valence-corrected chi connectivity index (χ4v) is 3.18. The van der Waals surface area contributed by atoms with Crippen LogP contribution in [0.1, 0.15) is 21.5 Å². The lowest BCUT2D eigenvalue weighted by Crippen LogP contribution is -2.26. The Morgan fingerprint density at radius 3 is 2.65 bits per heavy atom. The summed E-state index contributed by atoms with van der Waals surface area (Å²) >= 11 is 6.78. The van der Waals surface area contributed by atoms with Gasteiger partial charge in [0, 0.05) is 15.5 Å². The lowest BCUT2D eigenvalue weighted by molar-refractivity contribution is 0.0953. The number of rotatable bonds is 4. The molecule has 0 saturated carbocycles. The normalized spacial score (nSPS) is 10.3. The van der Waals surface area contributed by atoms with E-state index in [2.05, 4.69) is 62.3 Å². The van der Waals surface area contributed by atoms with E-state index in [-0.39, 0.29) is 5.91 Å². The summed E-state index contributed by atoms with van der Waals surface area (Å²) in [5, 5.41) is 2.94. The van der Waals surface area contributed by atoms with Crippen molar-refractivity contribution in [3.63, 3.8) is 0 Å². The number of nitrogens with one attached hydrogen (secondary N) is 1. The van der Waals surface area contributed by atoms with Crippen molar-refractivity contribution in [1.82, 2.24) is 5.32 Å². The Labute approximate surface area is 135 Å². The molecular weight excluding hydrogens is 382 g/mol. The highest BCUT2D eigenvalue weighted by atomic mass is 79.9. The first-order chi connectivity index (χ1) is 9.56. The zero-order chi connectivity index (χ0) is 14.5. The zero-order valence-corrected chi connectivity index (χ0v) is 14.3. The summed E-state index contributed by atoms with van der Waals surface area (Å²) in [6.45, 7) is 2.70. The Hall–Kier alpha value is -1.13. The topological polar surface area (TPSA) is 29.1 Å². The minimum absolute atomic E-state index is 0.0583. The summed E-state index contributed by atoms with van der Waals surface area (Å²) in [4.78, 5) is 12.1. The fourth-order valence-electron chi connectivity index (χ4n) is 1.96. The van der Waals surface area contributed by atoms with Crippen LogP contribution in [0.25, 0.3) is 0 Å². The van der Waals surface area contributed by atoms with Crippen LogP contribution in [0.2, 0.25) is 0 Å². The number of benzene rings is 2. The third-order valence-electron chi connectivity index (χ3n) is 2.96. The SMILES string of the molecule is Cc1cccc(CCNC(=O)c2ccc(Br)cc2Br)c1. The first-order valence-corrected chi connectivity index (χ1v) is 7.93. The molecule has 2 aromatic carbocycles. The molecule has 0 aromatic heterocycles. The van der Waals surface area contributed by atoms with Gasteiger partial charge in [0.2, 0.25) is 0 Å². The van der Waals surface area contributed by atoms with Gasteiger partial charge in [0.1, 0.15) is 0 Å². The summed E-state index contributed by atoms with van der Waals surface area (Å²) in [6, 6.07) is 13.9. The first kappa shape index (κ1) is 15.3. The summed E-state index contributed by atoms with van der Waals surface area (Å²) in [5.74, 6) is -0.0583. The van der Waals surface area contributed by atoms with Crippen LogP contribution in [-0.2, 0) is 6.42 Å². The largest absolute Gasteiger partial charge is 0.352 e. The highest BCUT2D eigenvalue weighted by molar-refractivity contribution is 9.11. The molecule has 0 saturated heterocycles. The molecule has 0 aliphatic heterocycles. The van der Waals surface area contributed by atoms with Crippen molar-refractivity contribution >= 4 is 37.8 Å². The molecule has 0 spiro atoms. The highest BCUT2D eigenvalue weighted by Gasteiger charge is 2.09. The van der Waals surface area contributed by atoms with Gasteiger partial charge >= 0.3 is 0 Å². The van der Waals surface area contributed by atoms with Crippen molar-refractivity contribution in [2.24, 2.45) is 0 Å². The van der Waals surface area contributed by atoms with Gasteiger partial charge < -0.3 is 5.32 Å². The molecule has 0 aliphatic rings. The monoisotopic (exact) mass is 395 g/mol. The van der Waals surface area contributed by atoms with Crippen LogP contribution in [0, 0.1) is 6.92 Å². The van der Waals surface area contributed by atoms with E-state index < -0.39 is 0 Å². The molecule has 104 valence electrons. The second-order valence-electron chi connectivity index (χ2n) is 4.62. The molecule has 0 fully saturated rings. The van der Waals surface area contributed by atoms with E-state index in [0.29, 0.717) is 12.1 Å². The van der Waals surface area contributed by atoms with Crippen molar-refractivity contribution in [3.05, 3.63) is 68.1 Å². The maximum absolute atomic E-state index is 12.1. The molecule has 0 aliphatic carbocycles. The van der Waals surface area contributed by atoms with Crippen molar-refractivity contribution in [1.29, 1.82) is 0 Å². The second kappa shape index (κ2) is 7.04. The summed E-state index contributed by atoms with van der Waals surface area (Å²) in [6.07, 6.45) is 0.835. The number of aryl methyl sites for hydroxylation is 1. The average Bonchev–Trinajstić information content (AvgIpc) is 2.38. The first-order valence-electron chi connectivity index (χ1n) is 6.35. The van der Waals surface area contributed by atoms with E-state index in [9.17, 15) is 4.79 Å². The summed E-state index contributed by atoms with van der Waals surface area (Å²) in [5.41, 5.74) is 3.13. The molecule has 2 aromatic rings. The second-order valence-corrected chi connectivity index (χ2v) is 6.39. The van der Waals surface area contributed by atoms with Crippen molar-refractivity contribution in [2.75, 3.05) is 6.54 Å². The van der Waals surface area contributed by atoms with Gasteiger partial charge in [-0.25, -0.2) is 0 Å². The summed E-state index contributed by atoms with van der Waals surface area (Å²) < 4.78 is 1.74. The van der Waals surface area contributed by atoms with Crippen molar-refractivity contribution < 1.29 is 4.79 Å². The molecule has 0 heterocycles. The Balaban J connectivity index is 1.92. The van der Waals surface area contributed by atoms with E-state index in [1.54, 1.807) is 6.07 Å². The van der Waals surface area contributed by atoms with Gasteiger partial charge in [-0.2, -0.15) is 0 Å².